The molecule has 2 rings (SSSR count). The molecule has 2 aromatic rings. The molecule has 3 heteroatoms. The van der Waals surface area contributed by atoms with Crippen LogP contribution in [0.15, 0.2) is 48.5 Å². The molecule has 0 heterocycles. The van der Waals surface area contributed by atoms with Crippen LogP contribution in [-0.4, -0.2) is 18.8 Å². The molecule has 1 unspecified atom stereocenters. The molecule has 0 bridgehead atoms. The minimum atomic E-state index is -0.537. The number of aliphatic hydroxyl groups excluding tert-OH is 1. The summed E-state index contributed by atoms with van der Waals surface area (Å²) in [6.07, 6.45) is -0.537. The molecule has 3 nitrogen and oxygen atoms in total. The highest BCUT2D eigenvalue weighted by atomic mass is 16.5. The first-order valence-electron chi connectivity index (χ1n) is 6.32. The number of anilines is 1. The zero-order valence-electron chi connectivity index (χ0n) is 11.3. The Morgan fingerprint density at radius 1 is 1.16 bits per heavy atom. The Bertz CT molecular complexity index is 526. The highest BCUT2D eigenvalue weighted by Gasteiger charge is 2.09. The third kappa shape index (κ3) is 3.48. The Hall–Kier alpha value is -2.00. The molecule has 1 atom stereocenters. The van der Waals surface area contributed by atoms with Crippen molar-refractivity contribution in [2.24, 2.45) is 0 Å². The van der Waals surface area contributed by atoms with Gasteiger partial charge in [0, 0.05) is 12.2 Å². The SMILES string of the molecule is COc1ccc(C(O)CNc2ccccc2)cc1C. The lowest BCUT2D eigenvalue weighted by molar-refractivity contribution is 0.191. The number of benzene rings is 2. The predicted molar refractivity (Wildman–Crippen MR) is 77.6 cm³/mol. The smallest absolute Gasteiger partial charge is 0.121 e. The summed E-state index contributed by atoms with van der Waals surface area (Å²) in [5.74, 6) is 0.840. The highest BCUT2D eigenvalue weighted by molar-refractivity contribution is 5.43. The van der Waals surface area contributed by atoms with Crippen LogP contribution in [0.4, 0.5) is 5.69 Å². The Balaban J connectivity index is 2.00. The number of hydrogen-bond acceptors (Lipinski definition) is 3. The first-order valence-corrected chi connectivity index (χ1v) is 6.32. The van der Waals surface area contributed by atoms with Crippen molar-refractivity contribution in [2.75, 3.05) is 19.0 Å². The number of para-hydroxylation sites is 1. The van der Waals surface area contributed by atoms with E-state index in [9.17, 15) is 5.11 Å². The van der Waals surface area contributed by atoms with E-state index >= 15 is 0 Å². The van der Waals surface area contributed by atoms with Gasteiger partial charge in [-0.15, -0.1) is 0 Å². The second-order valence-electron chi connectivity index (χ2n) is 4.49. The van der Waals surface area contributed by atoms with Crippen LogP contribution in [0, 0.1) is 6.92 Å². The Morgan fingerprint density at radius 2 is 1.89 bits per heavy atom. The Labute approximate surface area is 113 Å². The van der Waals surface area contributed by atoms with Gasteiger partial charge in [0.2, 0.25) is 0 Å². The molecule has 0 spiro atoms. The number of aliphatic hydroxyl groups is 1. The second kappa shape index (κ2) is 6.25. The molecule has 0 saturated heterocycles. The van der Waals surface area contributed by atoms with Crippen LogP contribution in [0.3, 0.4) is 0 Å². The van der Waals surface area contributed by atoms with Gasteiger partial charge in [-0.3, -0.25) is 0 Å². The molecule has 2 N–H and O–H groups in total. The van der Waals surface area contributed by atoms with Crippen molar-refractivity contribution in [3.05, 3.63) is 59.7 Å². The molecular weight excluding hydrogens is 238 g/mol. The third-order valence-corrected chi connectivity index (χ3v) is 3.08. The van der Waals surface area contributed by atoms with Crippen LogP contribution >= 0.6 is 0 Å². The molecule has 0 saturated carbocycles. The molecule has 0 aliphatic carbocycles. The average Bonchev–Trinajstić information content (AvgIpc) is 2.45. The van der Waals surface area contributed by atoms with E-state index in [-0.39, 0.29) is 0 Å². The van der Waals surface area contributed by atoms with Crippen molar-refractivity contribution in [3.63, 3.8) is 0 Å². The predicted octanol–water partition coefficient (Wildman–Crippen LogP) is 3.15. The number of ether oxygens (including phenoxy) is 1. The van der Waals surface area contributed by atoms with Gasteiger partial charge in [-0.25, -0.2) is 0 Å². The van der Waals surface area contributed by atoms with E-state index < -0.39 is 6.10 Å². The van der Waals surface area contributed by atoms with Gasteiger partial charge in [0.15, 0.2) is 0 Å². The number of aryl methyl sites for hydroxylation is 1. The summed E-state index contributed by atoms with van der Waals surface area (Å²) >= 11 is 0. The van der Waals surface area contributed by atoms with Gasteiger partial charge < -0.3 is 15.2 Å². The quantitative estimate of drug-likeness (QED) is 0.864. The van der Waals surface area contributed by atoms with Gasteiger partial charge in [-0.2, -0.15) is 0 Å². The van der Waals surface area contributed by atoms with Crippen LogP contribution in [0.25, 0.3) is 0 Å². The molecule has 0 fully saturated rings. The lowest BCUT2D eigenvalue weighted by Gasteiger charge is -2.15. The van der Waals surface area contributed by atoms with Crippen molar-refractivity contribution >= 4 is 5.69 Å². The van der Waals surface area contributed by atoms with Crippen LogP contribution in [0.1, 0.15) is 17.2 Å². The van der Waals surface area contributed by atoms with E-state index in [2.05, 4.69) is 5.32 Å². The summed E-state index contributed by atoms with van der Waals surface area (Å²) in [5, 5.41) is 13.4. The van der Waals surface area contributed by atoms with Gasteiger partial charge in [0.25, 0.3) is 0 Å². The van der Waals surface area contributed by atoms with Crippen molar-refractivity contribution in [1.82, 2.24) is 0 Å². The molecular formula is C16H19NO2. The van der Waals surface area contributed by atoms with Gasteiger partial charge >= 0.3 is 0 Å². The maximum absolute atomic E-state index is 10.2. The topological polar surface area (TPSA) is 41.5 Å². The van der Waals surface area contributed by atoms with E-state index in [0.717, 1.165) is 22.6 Å². The summed E-state index contributed by atoms with van der Waals surface area (Å²) < 4.78 is 5.21. The molecule has 2 aromatic carbocycles. The maximum atomic E-state index is 10.2. The zero-order chi connectivity index (χ0) is 13.7. The fourth-order valence-electron chi connectivity index (χ4n) is 2.00. The van der Waals surface area contributed by atoms with Crippen LogP contribution in [-0.2, 0) is 0 Å². The minimum Gasteiger partial charge on any atom is -0.496 e. The third-order valence-electron chi connectivity index (χ3n) is 3.08. The Kier molecular flexibility index (Phi) is 4.42. The minimum absolute atomic E-state index is 0.482. The summed E-state index contributed by atoms with van der Waals surface area (Å²) in [6, 6.07) is 15.6. The van der Waals surface area contributed by atoms with Gasteiger partial charge in [0.1, 0.15) is 5.75 Å². The molecule has 0 amide bonds. The number of nitrogens with one attached hydrogen (secondary N) is 1. The van der Waals surface area contributed by atoms with E-state index in [1.54, 1.807) is 7.11 Å². The number of rotatable bonds is 5. The largest absolute Gasteiger partial charge is 0.496 e. The fraction of sp³-hybridized carbons (Fsp3) is 0.250. The molecule has 0 radical (unpaired) electrons. The molecule has 19 heavy (non-hydrogen) atoms. The Morgan fingerprint density at radius 3 is 2.53 bits per heavy atom. The van der Waals surface area contributed by atoms with Crippen molar-refractivity contribution in [2.45, 2.75) is 13.0 Å². The van der Waals surface area contributed by atoms with Crippen molar-refractivity contribution < 1.29 is 9.84 Å². The molecule has 0 aliphatic heterocycles. The molecule has 100 valence electrons. The summed E-state index contributed by atoms with van der Waals surface area (Å²) in [7, 11) is 1.65. The lowest BCUT2D eigenvalue weighted by atomic mass is 10.1. The van der Waals surface area contributed by atoms with Crippen molar-refractivity contribution in [1.29, 1.82) is 0 Å². The first kappa shape index (κ1) is 13.4. The van der Waals surface area contributed by atoms with E-state index in [4.69, 9.17) is 4.74 Å². The van der Waals surface area contributed by atoms with Crippen LogP contribution in [0.2, 0.25) is 0 Å². The highest BCUT2D eigenvalue weighted by Crippen LogP contribution is 2.22. The lowest BCUT2D eigenvalue weighted by Crippen LogP contribution is -2.12. The zero-order valence-corrected chi connectivity index (χ0v) is 11.3. The number of hydrogen-bond donors (Lipinski definition) is 2. The van der Waals surface area contributed by atoms with Gasteiger partial charge in [0.05, 0.1) is 13.2 Å². The first-order chi connectivity index (χ1) is 9.20. The molecule has 0 aromatic heterocycles. The van der Waals surface area contributed by atoms with E-state index in [1.807, 2.05) is 55.5 Å². The van der Waals surface area contributed by atoms with Crippen LogP contribution in [0.5, 0.6) is 5.75 Å². The molecule has 0 aliphatic rings. The van der Waals surface area contributed by atoms with Crippen molar-refractivity contribution in [3.8, 4) is 5.75 Å². The van der Waals surface area contributed by atoms with Gasteiger partial charge in [-0.1, -0.05) is 24.3 Å². The van der Waals surface area contributed by atoms with Gasteiger partial charge in [-0.05, 0) is 42.3 Å². The monoisotopic (exact) mass is 257 g/mol. The summed E-state index contributed by atoms with van der Waals surface area (Å²) in [6.45, 7) is 2.45. The standard InChI is InChI=1S/C16H19NO2/c1-12-10-13(8-9-16(12)19-2)15(18)11-17-14-6-4-3-5-7-14/h3-10,15,17-18H,11H2,1-2H3. The average molecular weight is 257 g/mol. The summed E-state index contributed by atoms with van der Waals surface area (Å²) in [4.78, 5) is 0. The normalized spacial score (nSPS) is 11.9. The fourth-order valence-corrected chi connectivity index (χ4v) is 2.00. The summed E-state index contributed by atoms with van der Waals surface area (Å²) in [5.41, 5.74) is 2.92. The second-order valence-corrected chi connectivity index (χ2v) is 4.49. The van der Waals surface area contributed by atoms with Crippen LogP contribution < -0.4 is 10.1 Å². The van der Waals surface area contributed by atoms with E-state index in [0.29, 0.717) is 6.54 Å². The van der Waals surface area contributed by atoms with E-state index in [1.165, 1.54) is 0 Å². The number of methoxy groups -OCH3 is 1. The maximum Gasteiger partial charge on any atom is 0.121 e.